The van der Waals surface area contributed by atoms with Crippen molar-refractivity contribution >= 4 is 36.2 Å². The molecule has 0 saturated heterocycles. The summed E-state index contributed by atoms with van der Waals surface area (Å²) in [6.07, 6.45) is 0. The van der Waals surface area contributed by atoms with Gasteiger partial charge in [-0.1, -0.05) is 12.1 Å². The zero-order valence-corrected chi connectivity index (χ0v) is 12.1. The minimum atomic E-state index is 0. The highest BCUT2D eigenvalue weighted by molar-refractivity contribution is 5.85. The standard InChI is InChI=1S/C14H16N2.2ClH/c1-9-8-12(15)4-5-13(9)11-3-6-14(16)10(2)7-11;;/h3-8H,15-16H2,1-2H3;2*1H. The van der Waals surface area contributed by atoms with Gasteiger partial charge >= 0.3 is 0 Å². The molecule has 18 heavy (non-hydrogen) atoms. The zero-order chi connectivity index (χ0) is 11.7. The lowest BCUT2D eigenvalue weighted by Crippen LogP contribution is -1.92. The first-order chi connectivity index (χ1) is 7.58. The van der Waals surface area contributed by atoms with E-state index in [2.05, 4.69) is 19.1 Å². The van der Waals surface area contributed by atoms with Gasteiger partial charge in [0.15, 0.2) is 0 Å². The van der Waals surface area contributed by atoms with Crippen LogP contribution in [0.3, 0.4) is 0 Å². The topological polar surface area (TPSA) is 52.0 Å². The van der Waals surface area contributed by atoms with Crippen LogP contribution in [0.15, 0.2) is 36.4 Å². The van der Waals surface area contributed by atoms with Crippen LogP contribution in [0.4, 0.5) is 11.4 Å². The van der Waals surface area contributed by atoms with Crippen LogP contribution in [0.25, 0.3) is 11.1 Å². The van der Waals surface area contributed by atoms with Crippen molar-refractivity contribution in [1.29, 1.82) is 0 Å². The number of nitrogens with two attached hydrogens (primary N) is 2. The summed E-state index contributed by atoms with van der Waals surface area (Å²) in [7, 11) is 0. The minimum Gasteiger partial charge on any atom is -0.399 e. The highest BCUT2D eigenvalue weighted by Crippen LogP contribution is 2.27. The average molecular weight is 285 g/mol. The second kappa shape index (κ2) is 6.53. The summed E-state index contributed by atoms with van der Waals surface area (Å²) in [5, 5.41) is 0. The van der Waals surface area contributed by atoms with E-state index in [1.807, 2.05) is 31.2 Å². The molecule has 0 heterocycles. The first-order valence-corrected chi connectivity index (χ1v) is 5.30. The quantitative estimate of drug-likeness (QED) is 0.779. The maximum absolute atomic E-state index is 5.81. The van der Waals surface area contributed by atoms with Crippen LogP contribution >= 0.6 is 24.8 Å². The van der Waals surface area contributed by atoms with Gasteiger partial charge in [-0.05, 0) is 60.4 Å². The van der Waals surface area contributed by atoms with Crippen LogP contribution in [0, 0.1) is 13.8 Å². The zero-order valence-electron chi connectivity index (χ0n) is 10.4. The Kier molecular flexibility index (Phi) is 6.02. The normalized spacial score (nSPS) is 9.22. The summed E-state index contributed by atoms with van der Waals surface area (Å²) in [5.74, 6) is 0. The highest BCUT2D eigenvalue weighted by atomic mass is 35.5. The van der Waals surface area contributed by atoms with Crippen molar-refractivity contribution in [3.05, 3.63) is 47.5 Å². The Labute approximate surface area is 120 Å². The molecule has 0 atom stereocenters. The van der Waals surface area contributed by atoms with E-state index >= 15 is 0 Å². The Morgan fingerprint density at radius 3 is 2.00 bits per heavy atom. The summed E-state index contributed by atoms with van der Waals surface area (Å²) in [5.41, 5.74) is 17.9. The monoisotopic (exact) mass is 284 g/mol. The number of anilines is 2. The van der Waals surface area contributed by atoms with E-state index in [1.54, 1.807) is 0 Å². The van der Waals surface area contributed by atoms with E-state index in [1.165, 1.54) is 16.7 Å². The summed E-state index contributed by atoms with van der Waals surface area (Å²) in [4.78, 5) is 0. The van der Waals surface area contributed by atoms with Crippen molar-refractivity contribution < 1.29 is 0 Å². The number of benzene rings is 2. The third-order valence-electron chi connectivity index (χ3n) is 2.83. The molecule has 0 amide bonds. The van der Waals surface area contributed by atoms with Gasteiger partial charge in [-0.25, -0.2) is 0 Å². The number of aryl methyl sites for hydroxylation is 2. The maximum Gasteiger partial charge on any atom is 0.0344 e. The molecule has 0 fully saturated rings. The summed E-state index contributed by atoms with van der Waals surface area (Å²) < 4.78 is 0. The van der Waals surface area contributed by atoms with Crippen LogP contribution in [0.1, 0.15) is 11.1 Å². The number of hydrogen-bond acceptors (Lipinski definition) is 2. The maximum atomic E-state index is 5.81. The lowest BCUT2D eigenvalue weighted by molar-refractivity contribution is 1.43. The Balaban J connectivity index is 0.00000144. The van der Waals surface area contributed by atoms with Crippen molar-refractivity contribution in [2.75, 3.05) is 11.5 Å². The molecular weight excluding hydrogens is 267 g/mol. The molecule has 4 heteroatoms. The van der Waals surface area contributed by atoms with Crippen molar-refractivity contribution in [1.82, 2.24) is 0 Å². The smallest absolute Gasteiger partial charge is 0.0344 e. The van der Waals surface area contributed by atoms with E-state index in [0.717, 1.165) is 16.9 Å². The summed E-state index contributed by atoms with van der Waals surface area (Å²) >= 11 is 0. The van der Waals surface area contributed by atoms with Crippen molar-refractivity contribution in [2.24, 2.45) is 0 Å². The SMILES string of the molecule is Cc1cc(-c2ccc(N)cc2C)ccc1N.Cl.Cl. The van der Waals surface area contributed by atoms with Gasteiger partial charge < -0.3 is 11.5 Å². The van der Waals surface area contributed by atoms with E-state index in [4.69, 9.17) is 11.5 Å². The molecule has 4 N–H and O–H groups in total. The highest BCUT2D eigenvalue weighted by Gasteiger charge is 2.03. The Morgan fingerprint density at radius 2 is 1.44 bits per heavy atom. The first-order valence-electron chi connectivity index (χ1n) is 5.30. The Morgan fingerprint density at radius 1 is 0.778 bits per heavy atom. The van der Waals surface area contributed by atoms with Crippen LogP contribution in [0.2, 0.25) is 0 Å². The van der Waals surface area contributed by atoms with Gasteiger partial charge in [-0.3, -0.25) is 0 Å². The van der Waals surface area contributed by atoms with Gasteiger partial charge in [-0.15, -0.1) is 24.8 Å². The lowest BCUT2D eigenvalue weighted by atomic mass is 9.98. The molecule has 0 unspecified atom stereocenters. The van der Waals surface area contributed by atoms with Gasteiger partial charge in [0.2, 0.25) is 0 Å². The van der Waals surface area contributed by atoms with Gasteiger partial charge in [0.25, 0.3) is 0 Å². The predicted molar refractivity (Wildman–Crippen MR) is 84.7 cm³/mol. The molecule has 0 spiro atoms. The van der Waals surface area contributed by atoms with Gasteiger partial charge in [-0.2, -0.15) is 0 Å². The molecule has 2 aromatic carbocycles. The molecule has 0 aromatic heterocycles. The summed E-state index contributed by atoms with van der Waals surface area (Å²) in [6, 6.07) is 12.1. The molecule has 0 bridgehead atoms. The second-order valence-corrected chi connectivity index (χ2v) is 4.15. The number of hydrogen-bond donors (Lipinski definition) is 2. The van der Waals surface area contributed by atoms with Gasteiger partial charge in [0.05, 0.1) is 0 Å². The first kappa shape index (κ1) is 16.6. The average Bonchev–Trinajstić information content (AvgIpc) is 2.22. The fourth-order valence-electron chi connectivity index (χ4n) is 1.85. The van der Waals surface area contributed by atoms with Crippen LogP contribution in [-0.4, -0.2) is 0 Å². The number of nitrogen functional groups attached to an aromatic ring is 2. The summed E-state index contributed by atoms with van der Waals surface area (Å²) in [6.45, 7) is 4.09. The molecule has 0 aliphatic heterocycles. The van der Waals surface area contributed by atoms with Gasteiger partial charge in [0.1, 0.15) is 0 Å². The molecule has 0 saturated carbocycles. The molecule has 0 radical (unpaired) electrons. The van der Waals surface area contributed by atoms with E-state index in [0.29, 0.717) is 0 Å². The molecule has 0 aliphatic rings. The molecule has 2 rings (SSSR count). The molecule has 2 nitrogen and oxygen atoms in total. The Hall–Kier alpha value is -1.38. The van der Waals surface area contributed by atoms with Crippen LogP contribution in [-0.2, 0) is 0 Å². The second-order valence-electron chi connectivity index (χ2n) is 4.15. The van der Waals surface area contributed by atoms with Crippen LogP contribution in [0.5, 0.6) is 0 Å². The number of rotatable bonds is 1. The fraction of sp³-hybridized carbons (Fsp3) is 0.143. The lowest BCUT2D eigenvalue weighted by Gasteiger charge is -2.09. The molecule has 0 aliphatic carbocycles. The minimum absolute atomic E-state index is 0. The molecule has 2 aromatic rings. The van der Waals surface area contributed by atoms with Crippen molar-refractivity contribution in [3.8, 4) is 11.1 Å². The predicted octanol–water partition coefficient (Wildman–Crippen LogP) is 3.98. The largest absolute Gasteiger partial charge is 0.399 e. The van der Waals surface area contributed by atoms with E-state index in [-0.39, 0.29) is 24.8 Å². The molecular formula is C14H18Cl2N2. The van der Waals surface area contributed by atoms with Crippen LogP contribution < -0.4 is 11.5 Å². The fourth-order valence-corrected chi connectivity index (χ4v) is 1.85. The van der Waals surface area contributed by atoms with Gasteiger partial charge in [0, 0.05) is 11.4 Å². The van der Waals surface area contributed by atoms with E-state index in [9.17, 15) is 0 Å². The van der Waals surface area contributed by atoms with E-state index < -0.39 is 0 Å². The molecule has 98 valence electrons. The third-order valence-corrected chi connectivity index (χ3v) is 2.83. The van der Waals surface area contributed by atoms with Crippen molar-refractivity contribution in [3.63, 3.8) is 0 Å². The third kappa shape index (κ3) is 3.31. The Bertz CT molecular complexity index is 539. The number of halogens is 2. The van der Waals surface area contributed by atoms with Crippen molar-refractivity contribution in [2.45, 2.75) is 13.8 Å².